The molecule has 118 valence electrons. The number of benzene rings is 3. The first-order valence-electron chi connectivity index (χ1n) is 7.54. The molecule has 4 aromatic rings. The highest BCUT2D eigenvalue weighted by molar-refractivity contribution is 7.77. The molecular weight excluding hydrogens is 321 g/mol. The average molecular weight is 335 g/mol. The number of hydrogen-bond acceptors (Lipinski definition) is 3. The van der Waals surface area contributed by atoms with Crippen molar-refractivity contribution < 1.29 is 8.98 Å². The van der Waals surface area contributed by atoms with Crippen LogP contribution in [0.5, 0.6) is 0 Å². The van der Waals surface area contributed by atoms with Gasteiger partial charge in [0.25, 0.3) is 0 Å². The molecule has 0 N–H and O–H groups in total. The maximum Gasteiger partial charge on any atom is 0.426 e. The fraction of sp³-hybridized carbons (Fsp3) is 0. The van der Waals surface area contributed by atoms with Gasteiger partial charge in [-0.1, -0.05) is 48.5 Å². The number of rotatable bonds is 3. The number of fused-ring (bicyclic) bond motifs is 1. The highest BCUT2D eigenvalue weighted by Crippen LogP contribution is 2.45. The zero-order valence-electron chi connectivity index (χ0n) is 12.7. The second kappa shape index (κ2) is 5.66. The molecule has 0 aliphatic heterocycles. The second-order valence-electron chi connectivity index (χ2n) is 5.39. The quantitative estimate of drug-likeness (QED) is 0.539. The van der Waals surface area contributed by atoms with Crippen LogP contribution in [0.15, 0.2) is 94.1 Å². The predicted octanol–water partition coefficient (Wildman–Crippen LogP) is 3.37. The summed E-state index contributed by atoms with van der Waals surface area (Å²) in [4.78, 5) is 12.6. The van der Waals surface area contributed by atoms with Crippen LogP contribution < -0.4 is 16.4 Å². The normalized spacial score (nSPS) is 11.7. The van der Waals surface area contributed by atoms with Gasteiger partial charge in [-0.25, -0.2) is 9.13 Å². The van der Waals surface area contributed by atoms with Crippen LogP contribution in [0.4, 0.5) is 0 Å². The van der Waals surface area contributed by atoms with Gasteiger partial charge in [0, 0.05) is 10.6 Å². The first-order chi connectivity index (χ1) is 11.7. The van der Waals surface area contributed by atoms with Crippen molar-refractivity contribution in [3.8, 4) is 0 Å². The molecule has 3 aromatic carbocycles. The van der Waals surface area contributed by atoms with Gasteiger partial charge in [-0.15, -0.1) is 0 Å². The van der Waals surface area contributed by atoms with Crippen molar-refractivity contribution in [3.63, 3.8) is 0 Å². The molecule has 0 aliphatic rings. The standard InChI is InChI=1S/C19H14NO3P/c21-19-20(17-13-7-8-14-18(17)23-19)24(22,15-9-3-1-4-10-15)16-11-5-2-6-12-16/h1-14H. The van der Waals surface area contributed by atoms with Crippen molar-refractivity contribution >= 4 is 29.0 Å². The van der Waals surface area contributed by atoms with Gasteiger partial charge in [-0.2, -0.15) is 0 Å². The Hall–Kier alpha value is -2.84. The third kappa shape index (κ3) is 2.15. The zero-order chi connectivity index (χ0) is 16.6. The van der Waals surface area contributed by atoms with E-state index in [1.165, 1.54) is 4.34 Å². The third-order valence-electron chi connectivity index (χ3n) is 3.96. The van der Waals surface area contributed by atoms with Crippen molar-refractivity contribution in [1.82, 2.24) is 4.34 Å². The Morgan fingerprint density at radius 3 is 1.79 bits per heavy atom. The predicted molar refractivity (Wildman–Crippen MR) is 95.6 cm³/mol. The summed E-state index contributed by atoms with van der Waals surface area (Å²) >= 11 is 0. The summed E-state index contributed by atoms with van der Waals surface area (Å²) in [5, 5.41) is 1.18. The van der Waals surface area contributed by atoms with Crippen LogP contribution in [0.2, 0.25) is 0 Å². The monoisotopic (exact) mass is 335 g/mol. The van der Waals surface area contributed by atoms with Gasteiger partial charge in [0.15, 0.2) is 5.58 Å². The highest BCUT2D eigenvalue weighted by atomic mass is 31.2. The number of hydrogen-bond donors (Lipinski definition) is 0. The van der Waals surface area contributed by atoms with Crippen LogP contribution in [-0.2, 0) is 4.57 Å². The lowest BCUT2D eigenvalue weighted by atomic mass is 10.3. The van der Waals surface area contributed by atoms with E-state index in [0.29, 0.717) is 21.7 Å². The van der Waals surface area contributed by atoms with Crippen LogP contribution in [0.3, 0.4) is 0 Å². The van der Waals surface area contributed by atoms with E-state index in [-0.39, 0.29) is 0 Å². The molecule has 0 radical (unpaired) electrons. The Balaban J connectivity index is 2.13. The number of aromatic nitrogens is 1. The molecule has 4 nitrogen and oxygen atoms in total. The molecule has 1 heterocycles. The van der Waals surface area contributed by atoms with Gasteiger partial charge in [0.05, 0.1) is 5.52 Å². The van der Waals surface area contributed by atoms with Crippen molar-refractivity contribution in [1.29, 1.82) is 0 Å². The minimum absolute atomic E-state index is 0.426. The summed E-state index contributed by atoms with van der Waals surface area (Å²) in [5.41, 5.74) is 0.952. The summed E-state index contributed by atoms with van der Waals surface area (Å²) in [6.45, 7) is 0. The van der Waals surface area contributed by atoms with Gasteiger partial charge < -0.3 is 4.42 Å². The largest absolute Gasteiger partial charge is 0.426 e. The zero-order valence-corrected chi connectivity index (χ0v) is 13.6. The Morgan fingerprint density at radius 1 is 0.708 bits per heavy atom. The Kier molecular flexibility index (Phi) is 3.47. The van der Waals surface area contributed by atoms with Crippen molar-refractivity contribution in [2.24, 2.45) is 0 Å². The van der Waals surface area contributed by atoms with Crippen molar-refractivity contribution in [3.05, 3.63) is 95.5 Å². The molecule has 0 saturated heterocycles. The fourth-order valence-electron chi connectivity index (χ4n) is 2.86. The molecule has 0 bridgehead atoms. The maximum atomic E-state index is 14.2. The second-order valence-corrected chi connectivity index (χ2v) is 7.98. The molecule has 0 unspecified atom stereocenters. The van der Waals surface area contributed by atoms with Crippen LogP contribution in [-0.4, -0.2) is 4.34 Å². The Labute approximate surface area is 138 Å². The molecule has 0 aliphatic carbocycles. The minimum atomic E-state index is -3.40. The molecule has 24 heavy (non-hydrogen) atoms. The lowest BCUT2D eigenvalue weighted by Crippen LogP contribution is -2.27. The molecule has 5 heteroatoms. The van der Waals surface area contributed by atoms with Gasteiger partial charge in [-0.05, 0) is 36.4 Å². The van der Waals surface area contributed by atoms with E-state index in [4.69, 9.17) is 4.42 Å². The van der Waals surface area contributed by atoms with E-state index in [2.05, 4.69) is 0 Å². The lowest BCUT2D eigenvalue weighted by Gasteiger charge is -2.19. The number of nitrogens with zero attached hydrogens (tertiary/aromatic N) is 1. The molecule has 0 saturated carbocycles. The van der Waals surface area contributed by atoms with Gasteiger partial charge >= 0.3 is 5.76 Å². The lowest BCUT2D eigenvalue weighted by molar-refractivity contribution is 0.537. The summed E-state index contributed by atoms with van der Waals surface area (Å²) in [5.74, 6) is -0.618. The van der Waals surface area contributed by atoms with Gasteiger partial charge in [0.2, 0.25) is 7.29 Å². The molecule has 1 aromatic heterocycles. The first-order valence-corrected chi connectivity index (χ1v) is 9.20. The highest BCUT2D eigenvalue weighted by Gasteiger charge is 2.33. The van der Waals surface area contributed by atoms with E-state index < -0.39 is 13.0 Å². The topological polar surface area (TPSA) is 52.2 Å². The van der Waals surface area contributed by atoms with Crippen LogP contribution >= 0.6 is 7.29 Å². The SMILES string of the molecule is O=c1oc2ccccc2n1P(=O)(c1ccccc1)c1ccccc1. The maximum absolute atomic E-state index is 14.2. The smallest absolute Gasteiger partial charge is 0.407 e. The summed E-state index contributed by atoms with van der Waals surface area (Å²) in [6, 6.07) is 25.1. The van der Waals surface area contributed by atoms with Crippen LogP contribution in [0, 0.1) is 0 Å². The number of para-hydroxylation sites is 2. The van der Waals surface area contributed by atoms with E-state index >= 15 is 0 Å². The summed E-state index contributed by atoms with van der Waals surface area (Å²) in [7, 11) is -3.40. The molecule has 0 atom stereocenters. The van der Waals surface area contributed by atoms with Crippen molar-refractivity contribution in [2.75, 3.05) is 0 Å². The van der Waals surface area contributed by atoms with E-state index in [0.717, 1.165) is 0 Å². The average Bonchev–Trinajstić information content (AvgIpc) is 2.99. The molecule has 0 spiro atoms. The van der Waals surface area contributed by atoms with Gasteiger partial charge in [-0.3, -0.25) is 4.57 Å². The first kappa shape index (κ1) is 14.7. The van der Waals surface area contributed by atoms with E-state index in [1.807, 2.05) is 36.4 Å². The number of oxazole rings is 1. The van der Waals surface area contributed by atoms with E-state index in [9.17, 15) is 9.36 Å². The molecule has 0 fully saturated rings. The molecular formula is C19H14NO3P. The van der Waals surface area contributed by atoms with Crippen molar-refractivity contribution in [2.45, 2.75) is 0 Å². The van der Waals surface area contributed by atoms with Crippen LogP contribution in [0.1, 0.15) is 0 Å². The van der Waals surface area contributed by atoms with Crippen LogP contribution in [0.25, 0.3) is 11.1 Å². The Bertz CT molecular complexity index is 1050. The minimum Gasteiger partial charge on any atom is -0.407 e. The molecule has 0 amide bonds. The summed E-state index contributed by atoms with van der Waals surface area (Å²) < 4.78 is 20.8. The summed E-state index contributed by atoms with van der Waals surface area (Å²) in [6.07, 6.45) is 0. The molecule has 4 rings (SSSR count). The van der Waals surface area contributed by atoms with Gasteiger partial charge in [0.1, 0.15) is 0 Å². The third-order valence-corrected chi connectivity index (χ3v) is 6.90. The van der Waals surface area contributed by atoms with E-state index in [1.54, 1.807) is 48.5 Å². The Morgan fingerprint density at radius 2 is 1.21 bits per heavy atom. The fourth-order valence-corrected chi connectivity index (χ4v) is 5.51.